The lowest BCUT2D eigenvalue weighted by molar-refractivity contribution is 0.314. The summed E-state index contributed by atoms with van der Waals surface area (Å²) in [7, 11) is 0. The molecule has 110 valence electrons. The maximum atomic E-state index is 14.1. The number of allylic oxidation sites excluding steroid dienone is 1. The number of aryl methyl sites for hydroxylation is 1. The summed E-state index contributed by atoms with van der Waals surface area (Å²) in [5.41, 5.74) is 2.04. The predicted molar refractivity (Wildman–Crippen MR) is 81.5 cm³/mol. The van der Waals surface area contributed by atoms with Gasteiger partial charge in [-0.05, 0) is 43.0 Å². The fourth-order valence-electron chi connectivity index (χ4n) is 2.14. The minimum Gasteiger partial charge on any atom is -0.491 e. The van der Waals surface area contributed by atoms with Crippen molar-refractivity contribution >= 4 is 0 Å². The molecule has 0 aliphatic heterocycles. The average molecular weight is 288 g/mol. The van der Waals surface area contributed by atoms with Gasteiger partial charge in [-0.3, -0.25) is 0 Å². The Bertz CT molecular complexity index is 618. The van der Waals surface area contributed by atoms with E-state index in [1.165, 1.54) is 6.07 Å². The van der Waals surface area contributed by atoms with Gasteiger partial charge in [-0.25, -0.2) is 4.39 Å². The topological polar surface area (TPSA) is 9.23 Å². The molecule has 0 aliphatic rings. The summed E-state index contributed by atoms with van der Waals surface area (Å²) in [5, 5.41) is 0. The number of ether oxygens (including phenoxy) is 1. The van der Waals surface area contributed by atoms with Crippen molar-refractivity contribution in [2.75, 3.05) is 6.61 Å². The van der Waals surface area contributed by atoms with E-state index in [1.807, 2.05) is 18.2 Å². The van der Waals surface area contributed by atoms with E-state index in [9.17, 15) is 8.78 Å². The SMILES string of the molecule is C=CCCc1ccc(-c2ccc(OCC)c(F)c2F)cc1. The second kappa shape index (κ2) is 7.02. The fourth-order valence-corrected chi connectivity index (χ4v) is 2.14. The first-order valence-electron chi connectivity index (χ1n) is 6.98. The van der Waals surface area contributed by atoms with Gasteiger partial charge in [-0.1, -0.05) is 30.3 Å². The Kier molecular flexibility index (Phi) is 5.09. The molecule has 2 aromatic rings. The maximum Gasteiger partial charge on any atom is 0.201 e. The highest BCUT2D eigenvalue weighted by Crippen LogP contribution is 2.30. The van der Waals surface area contributed by atoms with Crippen LogP contribution < -0.4 is 4.74 Å². The van der Waals surface area contributed by atoms with Gasteiger partial charge in [0.1, 0.15) is 0 Å². The Morgan fingerprint density at radius 3 is 2.38 bits per heavy atom. The van der Waals surface area contributed by atoms with Crippen LogP contribution in [0.2, 0.25) is 0 Å². The first-order chi connectivity index (χ1) is 10.2. The van der Waals surface area contributed by atoms with Crippen LogP contribution in [-0.2, 0) is 6.42 Å². The molecule has 3 heteroatoms. The van der Waals surface area contributed by atoms with Crippen molar-refractivity contribution in [2.45, 2.75) is 19.8 Å². The molecule has 0 unspecified atom stereocenters. The molecule has 0 spiro atoms. The summed E-state index contributed by atoms with van der Waals surface area (Å²) in [6, 6.07) is 10.5. The lowest BCUT2D eigenvalue weighted by Crippen LogP contribution is -1.98. The van der Waals surface area contributed by atoms with Crippen LogP contribution in [0, 0.1) is 11.6 Å². The molecule has 0 N–H and O–H groups in total. The van der Waals surface area contributed by atoms with E-state index in [0.29, 0.717) is 12.2 Å². The largest absolute Gasteiger partial charge is 0.491 e. The molecule has 0 aliphatic carbocycles. The van der Waals surface area contributed by atoms with Crippen molar-refractivity contribution in [1.82, 2.24) is 0 Å². The van der Waals surface area contributed by atoms with Crippen LogP contribution in [0.3, 0.4) is 0 Å². The summed E-state index contributed by atoms with van der Waals surface area (Å²) >= 11 is 0. The molecule has 1 nitrogen and oxygen atoms in total. The molecule has 0 atom stereocenters. The highest BCUT2D eigenvalue weighted by molar-refractivity contribution is 5.65. The van der Waals surface area contributed by atoms with E-state index >= 15 is 0 Å². The summed E-state index contributed by atoms with van der Waals surface area (Å²) in [6.07, 6.45) is 3.64. The average Bonchev–Trinajstić information content (AvgIpc) is 2.51. The van der Waals surface area contributed by atoms with Gasteiger partial charge in [0.05, 0.1) is 6.61 Å². The number of hydrogen-bond donors (Lipinski definition) is 0. The molecule has 0 aromatic heterocycles. The Morgan fingerprint density at radius 1 is 1.05 bits per heavy atom. The lowest BCUT2D eigenvalue weighted by Gasteiger charge is -2.09. The third-order valence-corrected chi connectivity index (χ3v) is 3.25. The molecule has 0 fully saturated rings. The number of halogens is 2. The number of rotatable bonds is 6. The molecule has 0 bridgehead atoms. The van der Waals surface area contributed by atoms with Crippen LogP contribution in [0.15, 0.2) is 49.1 Å². The van der Waals surface area contributed by atoms with Crippen LogP contribution >= 0.6 is 0 Å². The van der Waals surface area contributed by atoms with E-state index < -0.39 is 11.6 Å². The first-order valence-corrected chi connectivity index (χ1v) is 6.98. The molecular formula is C18H18F2O. The third kappa shape index (κ3) is 3.48. The Morgan fingerprint density at radius 2 is 1.76 bits per heavy atom. The molecule has 0 amide bonds. The van der Waals surface area contributed by atoms with Gasteiger partial charge in [-0.15, -0.1) is 6.58 Å². The minimum absolute atomic E-state index is 0.0543. The van der Waals surface area contributed by atoms with Gasteiger partial charge >= 0.3 is 0 Å². The van der Waals surface area contributed by atoms with Crippen LogP contribution in [0.4, 0.5) is 8.78 Å². The minimum atomic E-state index is -0.940. The zero-order valence-electron chi connectivity index (χ0n) is 12.0. The van der Waals surface area contributed by atoms with Crippen molar-refractivity contribution < 1.29 is 13.5 Å². The summed E-state index contributed by atoms with van der Waals surface area (Å²) in [6.45, 7) is 5.71. The van der Waals surface area contributed by atoms with Crippen LogP contribution in [0.5, 0.6) is 5.75 Å². The monoisotopic (exact) mass is 288 g/mol. The zero-order valence-corrected chi connectivity index (χ0v) is 12.0. The van der Waals surface area contributed by atoms with Gasteiger partial charge in [0.2, 0.25) is 5.82 Å². The van der Waals surface area contributed by atoms with Crippen molar-refractivity contribution in [3.05, 3.63) is 66.3 Å². The van der Waals surface area contributed by atoms with Crippen LogP contribution in [0.25, 0.3) is 11.1 Å². The molecule has 2 aromatic carbocycles. The van der Waals surface area contributed by atoms with Gasteiger partial charge in [0, 0.05) is 5.56 Å². The lowest BCUT2D eigenvalue weighted by atomic mass is 10.0. The Labute approximate surface area is 123 Å². The second-order valence-electron chi connectivity index (χ2n) is 4.70. The standard InChI is InChI=1S/C18H18F2O/c1-3-5-6-13-7-9-14(10-8-13)15-11-12-16(21-4-2)18(20)17(15)19/h3,7-12H,1,4-6H2,2H3. The summed E-state index contributed by atoms with van der Waals surface area (Å²) in [4.78, 5) is 0. The highest BCUT2D eigenvalue weighted by atomic mass is 19.2. The van der Waals surface area contributed by atoms with E-state index in [2.05, 4.69) is 6.58 Å². The third-order valence-electron chi connectivity index (χ3n) is 3.25. The zero-order chi connectivity index (χ0) is 15.2. The first kappa shape index (κ1) is 15.2. The quantitative estimate of drug-likeness (QED) is 0.668. The maximum absolute atomic E-state index is 14.1. The smallest absolute Gasteiger partial charge is 0.201 e. The predicted octanol–water partition coefficient (Wildman–Crippen LogP) is 5.15. The van der Waals surface area contributed by atoms with E-state index in [4.69, 9.17) is 4.74 Å². The molecule has 0 saturated heterocycles. The summed E-state index contributed by atoms with van der Waals surface area (Å²) in [5.74, 6) is -1.87. The van der Waals surface area contributed by atoms with Crippen molar-refractivity contribution in [2.24, 2.45) is 0 Å². The van der Waals surface area contributed by atoms with E-state index in [-0.39, 0.29) is 11.3 Å². The van der Waals surface area contributed by atoms with Gasteiger partial charge < -0.3 is 4.74 Å². The fraction of sp³-hybridized carbons (Fsp3) is 0.222. The number of benzene rings is 2. The van der Waals surface area contributed by atoms with Crippen molar-refractivity contribution in [3.8, 4) is 16.9 Å². The molecule has 21 heavy (non-hydrogen) atoms. The van der Waals surface area contributed by atoms with Gasteiger partial charge in [-0.2, -0.15) is 4.39 Å². The highest BCUT2D eigenvalue weighted by Gasteiger charge is 2.15. The van der Waals surface area contributed by atoms with E-state index in [0.717, 1.165) is 18.4 Å². The van der Waals surface area contributed by atoms with Gasteiger partial charge in [0.25, 0.3) is 0 Å². The molecule has 0 saturated carbocycles. The van der Waals surface area contributed by atoms with Crippen molar-refractivity contribution in [1.29, 1.82) is 0 Å². The van der Waals surface area contributed by atoms with Gasteiger partial charge in [0.15, 0.2) is 11.6 Å². The molecule has 2 rings (SSSR count). The molecule has 0 radical (unpaired) electrons. The van der Waals surface area contributed by atoms with Crippen LogP contribution in [-0.4, -0.2) is 6.61 Å². The normalized spacial score (nSPS) is 10.4. The Hall–Kier alpha value is -2.16. The summed E-state index contributed by atoms with van der Waals surface area (Å²) < 4.78 is 33.0. The Balaban J connectivity index is 2.29. The van der Waals surface area contributed by atoms with Crippen LogP contribution in [0.1, 0.15) is 18.9 Å². The number of hydrogen-bond acceptors (Lipinski definition) is 1. The second-order valence-corrected chi connectivity index (χ2v) is 4.70. The molecular weight excluding hydrogens is 270 g/mol. The van der Waals surface area contributed by atoms with Crippen molar-refractivity contribution in [3.63, 3.8) is 0 Å². The molecule has 0 heterocycles. The van der Waals surface area contributed by atoms with E-state index in [1.54, 1.807) is 25.1 Å².